The van der Waals surface area contributed by atoms with E-state index < -0.39 is 16.2 Å². The van der Waals surface area contributed by atoms with Gasteiger partial charge in [0.25, 0.3) is 10.1 Å². The van der Waals surface area contributed by atoms with E-state index in [1.54, 1.807) is 6.07 Å². The number of pyridine rings is 1. The predicted molar refractivity (Wildman–Crippen MR) is 146 cm³/mol. The molecular formula is C29H26ClNO4S. The Morgan fingerprint density at radius 1 is 1.00 bits per heavy atom. The molecule has 0 fully saturated rings. The molecule has 1 atom stereocenters. The number of fused-ring (bicyclic) bond motifs is 1. The maximum Gasteiger partial charge on any atom is 0.264 e. The third kappa shape index (κ3) is 6.88. The van der Waals surface area contributed by atoms with Gasteiger partial charge in [0.15, 0.2) is 5.78 Å². The lowest BCUT2D eigenvalue weighted by Gasteiger charge is -2.18. The molecule has 1 heterocycles. The summed E-state index contributed by atoms with van der Waals surface area (Å²) in [5, 5.41) is 1.64. The van der Waals surface area contributed by atoms with Crippen LogP contribution >= 0.6 is 11.6 Å². The van der Waals surface area contributed by atoms with E-state index in [0.717, 1.165) is 39.5 Å². The highest BCUT2D eigenvalue weighted by Gasteiger charge is 2.19. The first-order valence-electron chi connectivity index (χ1n) is 11.5. The van der Waals surface area contributed by atoms with Crippen LogP contribution in [0, 0.1) is 0 Å². The van der Waals surface area contributed by atoms with Gasteiger partial charge in [-0.25, -0.2) is 4.98 Å². The largest absolute Gasteiger partial charge is 0.295 e. The van der Waals surface area contributed by atoms with Crippen molar-refractivity contribution in [3.8, 4) is 0 Å². The lowest BCUT2D eigenvalue weighted by atomic mass is 9.96. The van der Waals surface area contributed by atoms with Crippen LogP contribution in [0.2, 0.25) is 5.02 Å². The van der Waals surface area contributed by atoms with Crippen molar-refractivity contribution in [2.45, 2.75) is 25.9 Å². The van der Waals surface area contributed by atoms with Crippen LogP contribution in [0.25, 0.3) is 23.1 Å². The van der Waals surface area contributed by atoms with Gasteiger partial charge in [-0.15, -0.1) is 0 Å². The van der Waals surface area contributed by atoms with Gasteiger partial charge in [0.1, 0.15) is 6.10 Å². The Hall–Kier alpha value is -3.32. The van der Waals surface area contributed by atoms with Gasteiger partial charge in [0.2, 0.25) is 0 Å². The second kappa shape index (κ2) is 11.2. The molecule has 0 aliphatic rings. The number of carbonyl (C=O) groups is 1. The molecule has 0 saturated heterocycles. The predicted octanol–water partition coefficient (Wildman–Crippen LogP) is 6.91. The summed E-state index contributed by atoms with van der Waals surface area (Å²) < 4.78 is 29.5. The molecule has 1 unspecified atom stereocenters. The Bertz CT molecular complexity index is 1550. The summed E-state index contributed by atoms with van der Waals surface area (Å²) in [7, 11) is -3.70. The van der Waals surface area contributed by atoms with Gasteiger partial charge in [0, 0.05) is 16.0 Å². The molecule has 0 N–H and O–H groups in total. The highest BCUT2D eigenvalue weighted by molar-refractivity contribution is 7.86. The van der Waals surface area contributed by atoms with Gasteiger partial charge in [-0.05, 0) is 66.8 Å². The van der Waals surface area contributed by atoms with Gasteiger partial charge in [-0.1, -0.05) is 72.3 Å². The van der Waals surface area contributed by atoms with Crippen molar-refractivity contribution in [2.24, 2.45) is 0 Å². The van der Waals surface area contributed by atoms with E-state index in [4.69, 9.17) is 15.8 Å². The number of benzene rings is 3. The molecule has 36 heavy (non-hydrogen) atoms. The third-order valence-electron chi connectivity index (χ3n) is 5.77. The van der Waals surface area contributed by atoms with Crippen LogP contribution in [0.1, 0.15) is 52.2 Å². The first kappa shape index (κ1) is 25.8. The second-order valence-electron chi connectivity index (χ2n) is 8.62. The maximum absolute atomic E-state index is 12.0. The molecule has 4 aromatic rings. The van der Waals surface area contributed by atoms with Gasteiger partial charge in [0.05, 0.1) is 17.5 Å². The van der Waals surface area contributed by atoms with Crippen molar-refractivity contribution in [1.29, 1.82) is 0 Å². The van der Waals surface area contributed by atoms with Crippen molar-refractivity contribution in [2.75, 3.05) is 6.26 Å². The number of halogens is 1. The minimum atomic E-state index is -3.70. The van der Waals surface area contributed by atoms with Crippen molar-refractivity contribution in [1.82, 2.24) is 4.98 Å². The number of hydrogen-bond donors (Lipinski definition) is 0. The Labute approximate surface area is 216 Å². The van der Waals surface area contributed by atoms with Crippen molar-refractivity contribution in [3.63, 3.8) is 0 Å². The Morgan fingerprint density at radius 3 is 2.56 bits per heavy atom. The first-order chi connectivity index (χ1) is 17.2. The van der Waals surface area contributed by atoms with Gasteiger partial charge in [-0.3, -0.25) is 8.98 Å². The average Bonchev–Trinajstić information content (AvgIpc) is 2.84. The Morgan fingerprint density at radius 2 is 1.78 bits per heavy atom. The van der Waals surface area contributed by atoms with Crippen LogP contribution in [-0.4, -0.2) is 25.4 Å². The molecule has 0 saturated carbocycles. The van der Waals surface area contributed by atoms with Crippen LogP contribution < -0.4 is 0 Å². The number of nitrogens with zero attached hydrogens (tertiary/aromatic N) is 1. The molecular weight excluding hydrogens is 494 g/mol. The van der Waals surface area contributed by atoms with Gasteiger partial charge in [-0.2, -0.15) is 8.42 Å². The fourth-order valence-electron chi connectivity index (χ4n) is 4.09. The van der Waals surface area contributed by atoms with E-state index >= 15 is 0 Å². The van der Waals surface area contributed by atoms with E-state index in [9.17, 15) is 13.2 Å². The fourth-order valence-corrected chi connectivity index (χ4v) is 4.89. The monoisotopic (exact) mass is 519 g/mol. The zero-order chi connectivity index (χ0) is 25.7. The Kier molecular flexibility index (Phi) is 7.99. The van der Waals surface area contributed by atoms with Crippen LogP contribution in [0.3, 0.4) is 0 Å². The van der Waals surface area contributed by atoms with Crippen LogP contribution in [0.4, 0.5) is 0 Å². The topological polar surface area (TPSA) is 73.3 Å². The van der Waals surface area contributed by atoms with Gasteiger partial charge < -0.3 is 0 Å². The van der Waals surface area contributed by atoms with E-state index in [0.29, 0.717) is 23.4 Å². The minimum absolute atomic E-state index is 0.0251. The van der Waals surface area contributed by atoms with Gasteiger partial charge >= 0.3 is 0 Å². The molecule has 0 aliphatic heterocycles. The minimum Gasteiger partial charge on any atom is -0.295 e. The van der Waals surface area contributed by atoms with Crippen molar-refractivity contribution < 1.29 is 17.4 Å². The number of rotatable bonds is 9. The number of carbonyl (C=O) groups excluding carboxylic acids is 1. The molecule has 0 amide bonds. The molecule has 3 aromatic carbocycles. The molecule has 7 heteroatoms. The molecule has 184 valence electrons. The number of hydrogen-bond acceptors (Lipinski definition) is 5. The molecule has 5 nitrogen and oxygen atoms in total. The Balaban J connectivity index is 1.58. The van der Waals surface area contributed by atoms with Crippen LogP contribution in [-0.2, 0) is 20.7 Å². The fraction of sp³-hybridized carbons (Fsp3) is 0.172. The van der Waals surface area contributed by atoms with Crippen LogP contribution in [0.15, 0.2) is 78.9 Å². The molecule has 0 spiro atoms. The number of aryl methyl sites for hydroxylation is 1. The summed E-state index contributed by atoms with van der Waals surface area (Å²) in [5.41, 5.74) is 4.71. The number of ketones is 1. The second-order valence-corrected chi connectivity index (χ2v) is 10.7. The quantitative estimate of drug-likeness (QED) is 0.177. The molecule has 0 radical (unpaired) electrons. The number of aromatic nitrogens is 1. The van der Waals surface area contributed by atoms with E-state index in [1.807, 2.05) is 84.9 Å². The molecule has 1 aromatic heterocycles. The average molecular weight is 520 g/mol. The molecule has 0 bridgehead atoms. The normalized spacial score (nSPS) is 12.8. The lowest BCUT2D eigenvalue weighted by molar-refractivity contribution is 0.101. The smallest absolute Gasteiger partial charge is 0.264 e. The van der Waals surface area contributed by atoms with E-state index in [2.05, 4.69) is 4.98 Å². The highest BCUT2D eigenvalue weighted by Crippen LogP contribution is 2.27. The summed E-state index contributed by atoms with van der Waals surface area (Å²) in [5.74, 6) is -0.0251. The zero-order valence-electron chi connectivity index (χ0n) is 20.0. The van der Waals surface area contributed by atoms with Crippen LogP contribution in [0.5, 0.6) is 0 Å². The van der Waals surface area contributed by atoms with E-state index in [1.165, 1.54) is 6.92 Å². The summed E-state index contributed by atoms with van der Waals surface area (Å²) >= 11 is 6.10. The zero-order valence-corrected chi connectivity index (χ0v) is 21.6. The standard InChI is InChI=1S/C29H26ClNO4S/c1-20(32)27-9-4-3-7-22(27)13-17-29(35-36(2,33)34)24-8-5-6-21(18-24)10-15-26-16-12-23-11-14-25(30)19-28(23)31-26/h3-12,14-16,18-19,29H,13,17H2,1-2H3/b15-10+. The summed E-state index contributed by atoms with van der Waals surface area (Å²) in [6.07, 6.45) is 5.08. The lowest BCUT2D eigenvalue weighted by Crippen LogP contribution is -2.12. The molecule has 4 rings (SSSR count). The third-order valence-corrected chi connectivity index (χ3v) is 6.59. The first-order valence-corrected chi connectivity index (χ1v) is 13.7. The number of Topliss-reactive ketones (excluding diaryl/α,β-unsaturated/α-hetero) is 1. The summed E-state index contributed by atoms with van der Waals surface area (Å²) in [4.78, 5) is 16.6. The maximum atomic E-state index is 12.0. The van der Waals surface area contributed by atoms with E-state index in [-0.39, 0.29) is 5.78 Å². The summed E-state index contributed by atoms with van der Waals surface area (Å²) in [6, 6.07) is 24.4. The molecule has 0 aliphatic carbocycles. The summed E-state index contributed by atoms with van der Waals surface area (Å²) in [6.45, 7) is 1.53. The highest BCUT2D eigenvalue weighted by atomic mass is 35.5. The van der Waals surface area contributed by atoms with Crippen molar-refractivity contribution >= 4 is 50.6 Å². The SMILES string of the molecule is CC(=O)c1ccccc1CCC(OS(C)(=O)=O)c1cccc(/C=C/c2ccc3ccc(Cl)cc3n2)c1. The van der Waals surface area contributed by atoms with Crippen molar-refractivity contribution in [3.05, 3.63) is 112 Å².